The van der Waals surface area contributed by atoms with E-state index in [1.165, 1.54) is 18.4 Å². The molecule has 1 saturated heterocycles. The molecule has 0 unspecified atom stereocenters. The highest BCUT2D eigenvalue weighted by Gasteiger charge is 2.14. The molecule has 1 fully saturated rings. The minimum absolute atomic E-state index is 0.0274. The van der Waals surface area contributed by atoms with Crippen LogP contribution in [-0.4, -0.2) is 23.8 Å². The zero-order valence-electron chi connectivity index (χ0n) is 12.5. The third kappa shape index (κ3) is 3.24. The van der Waals surface area contributed by atoms with Crippen LogP contribution in [0, 0.1) is 11.3 Å². The van der Waals surface area contributed by atoms with Crippen LogP contribution in [0.15, 0.2) is 48.5 Å². The number of ketones is 1. The average Bonchev–Trinajstić information content (AvgIpc) is 3.07. The van der Waals surface area contributed by atoms with Crippen LogP contribution in [0.25, 0.3) is 0 Å². The largest absolute Gasteiger partial charge is 0.299 e. The third-order valence-electron chi connectivity index (χ3n) is 4.05. The molecule has 3 nitrogen and oxygen atoms in total. The standard InChI is InChI=1S/C19H18N2O/c20-13-15-5-3-7-17(11-15)19(22)18-8-4-6-16(12-18)14-21-9-1-2-10-21/h3-8,11-12H,1-2,9-10,14H2. The fourth-order valence-corrected chi connectivity index (χ4v) is 2.91. The van der Waals surface area contributed by atoms with Crippen molar-refractivity contribution in [2.75, 3.05) is 13.1 Å². The third-order valence-corrected chi connectivity index (χ3v) is 4.05. The van der Waals surface area contributed by atoms with E-state index in [4.69, 9.17) is 5.26 Å². The summed E-state index contributed by atoms with van der Waals surface area (Å²) in [6.07, 6.45) is 2.53. The smallest absolute Gasteiger partial charge is 0.193 e. The van der Waals surface area contributed by atoms with Gasteiger partial charge in [0.25, 0.3) is 0 Å². The van der Waals surface area contributed by atoms with Crippen molar-refractivity contribution < 1.29 is 4.79 Å². The second kappa shape index (κ2) is 6.55. The van der Waals surface area contributed by atoms with Gasteiger partial charge in [-0.1, -0.05) is 30.3 Å². The Bertz CT molecular complexity index is 724. The van der Waals surface area contributed by atoms with Crippen molar-refractivity contribution in [1.29, 1.82) is 5.26 Å². The molecule has 0 atom stereocenters. The molecule has 2 aromatic rings. The van der Waals surface area contributed by atoms with Gasteiger partial charge in [0, 0.05) is 17.7 Å². The Morgan fingerprint density at radius 1 is 1.05 bits per heavy atom. The fraction of sp³-hybridized carbons (Fsp3) is 0.263. The number of hydrogen-bond donors (Lipinski definition) is 0. The fourth-order valence-electron chi connectivity index (χ4n) is 2.91. The first kappa shape index (κ1) is 14.5. The van der Waals surface area contributed by atoms with Crippen molar-refractivity contribution in [3.63, 3.8) is 0 Å². The number of carbonyl (C=O) groups excluding carboxylic acids is 1. The lowest BCUT2D eigenvalue weighted by Crippen LogP contribution is -2.18. The first-order valence-electron chi connectivity index (χ1n) is 7.62. The van der Waals surface area contributed by atoms with Crippen LogP contribution in [0.2, 0.25) is 0 Å². The lowest BCUT2D eigenvalue weighted by atomic mass is 10.00. The molecule has 0 aliphatic carbocycles. The number of nitriles is 1. The van der Waals surface area contributed by atoms with Gasteiger partial charge in [0.15, 0.2) is 5.78 Å². The predicted molar refractivity (Wildman–Crippen MR) is 85.5 cm³/mol. The summed E-state index contributed by atoms with van der Waals surface area (Å²) in [6.45, 7) is 3.18. The van der Waals surface area contributed by atoms with E-state index in [9.17, 15) is 4.79 Å². The van der Waals surface area contributed by atoms with Gasteiger partial charge in [-0.2, -0.15) is 5.26 Å². The maximum Gasteiger partial charge on any atom is 0.193 e. The van der Waals surface area contributed by atoms with Crippen LogP contribution in [0.3, 0.4) is 0 Å². The molecule has 3 rings (SSSR count). The Morgan fingerprint density at radius 3 is 2.45 bits per heavy atom. The molecule has 110 valence electrons. The monoisotopic (exact) mass is 290 g/mol. The van der Waals surface area contributed by atoms with Gasteiger partial charge in [-0.15, -0.1) is 0 Å². The lowest BCUT2D eigenvalue weighted by Gasteiger charge is -2.15. The van der Waals surface area contributed by atoms with Crippen molar-refractivity contribution in [3.05, 3.63) is 70.8 Å². The molecule has 0 N–H and O–H groups in total. The van der Waals surface area contributed by atoms with Crippen LogP contribution in [0.1, 0.15) is 39.9 Å². The molecule has 1 heterocycles. The number of benzene rings is 2. The minimum atomic E-state index is -0.0274. The second-order valence-corrected chi connectivity index (χ2v) is 5.71. The van der Waals surface area contributed by atoms with E-state index in [1.54, 1.807) is 24.3 Å². The Labute approximate surface area is 130 Å². The predicted octanol–water partition coefficient (Wildman–Crippen LogP) is 3.39. The quantitative estimate of drug-likeness (QED) is 0.811. The second-order valence-electron chi connectivity index (χ2n) is 5.71. The first-order chi connectivity index (χ1) is 10.8. The summed E-state index contributed by atoms with van der Waals surface area (Å²) in [7, 11) is 0. The van der Waals surface area contributed by atoms with Crippen LogP contribution in [-0.2, 0) is 6.54 Å². The zero-order valence-corrected chi connectivity index (χ0v) is 12.5. The van der Waals surface area contributed by atoms with Crippen molar-refractivity contribution in [2.45, 2.75) is 19.4 Å². The van der Waals surface area contributed by atoms with Crippen LogP contribution < -0.4 is 0 Å². The summed E-state index contributed by atoms with van der Waals surface area (Å²) in [6, 6.07) is 16.8. The molecule has 1 aliphatic heterocycles. The van der Waals surface area contributed by atoms with Gasteiger partial charge >= 0.3 is 0 Å². The minimum Gasteiger partial charge on any atom is -0.299 e. The molecular formula is C19H18N2O. The van der Waals surface area contributed by atoms with Crippen LogP contribution in [0.5, 0.6) is 0 Å². The van der Waals surface area contributed by atoms with Crippen LogP contribution >= 0.6 is 0 Å². The number of carbonyl (C=O) groups is 1. The van der Waals surface area contributed by atoms with Gasteiger partial charge in [-0.25, -0.2) is 0 Å². The first-order valence-corrected chi connectivity index (χ1v) is 7.62. The highest BCUT2D eigenvalue weighted by Crippen LogP contribution is 2.16. The highest BCUT2D eigenvalue weighted by atomic mass is 16.1. The number of hydrogen-bond acceptors (Lipinski definition) is 3. The summed E-state index contributed by atoms with van der Waals surface area (Å²) in [4.78, 5) is 15.0. The maximum atomic E-state index is 12.6. The molecule has 22 heavy (non-hydrogen) atoms. The van der Waals surface area contributed by atoms with Crippen molar-refractivity contribution in [1.82, 2.24) is 4.90 Å². The van der Waals surface area contributed by atoms with Crippen molar-refractivity contribution >= 4 is 5.78 Å². The van der Waals surface area contributed by atoms with Crippen LogP contribution in [0.4, 0.5) is 0 Å². The summed E-state index contributed by atoms with van der Waals surface area (Å²) in [5, 5.41) is 8.95. The Hall–Kier alpha value is -2.44. The topological polar surface area (TPSA) is 44.1 Å². The van der Waals surface area contributed by atoms with Crippen molar-refractivity contribution in [2.24, 2.45) is 0 Å². The Balaban J connectivity index is 1.81. The Kier molecular flexibility index (Phi) is 4.32. The highest BCUT2D eigenvalue weighted by molar-refractivity contribution is 6.09. The average molecular weight is 290 g/mol. The lowest BCUT2D eigenvalue weighted by molar-refractivity contribution is 0.103. The van der Waals surface area contributed by atoms with Gasteiger partial charge in [-0.05, 0) is 49.7 Å². The number of nitrogens with zero attached hydrogens (tertiary/aromatic N) is 2. The molecule has 2 aromatic carbocycles. The normalized spacial score (nSPS) is 14.7. The molecular weight excluding hydrogens is 272 g/mol. The molecule has 0 amide bonds. The molecule has 0 saturated carbocycles. The van der Waals surface area contributed by atoms with E-state index in [1.807, 2.05) is 18.2 Å². The SMILES string of the molecule is N#Cc1cccc(C(=O)c2cccc(CN3CCCC3)c2)c1. The van der Waals surface area contributed by atoms with Gasteiger partial charge in [0.1, 0.15) is 0 Å². The van der Waals surface area contributed by atoms with Gasteiger partial charge < -0.3 is 0 Å². The summed E-state index contributed by atoms with van der Waals surface area (Å²) in [5.41, 5.74) is 2.94. The van der Waals surface area contributed by atoms with E-state index in [0.717, 1.165) is 19.6 Å². The summed E-state index contributed by atoms with van der Waals surface area (Å²) < 4.78 is 0. The molecule has 0 bridgehead atoms. The van der Waals surface area contributed by atoms with Gasteiger partial charge in [-0.3, -0.25) is 9.69 Å². The summed E-state index contributed by atoms with van der Waals surface area (Å²) >= 11 is 0. The van der Waals surface area contributed by atoms with E-state index >= 15 is 0 Å². The number of likely N-dealkylation sites (tertiary alicyclic amines) is 1. The molecule has 1 aliphatic rings. The molecule has 3 heteroatoms. The molecule has 0 spiro atoms. The zero-order chi connectivity index (χ0) is 15.4. The van der Waals surface area contributed by atoms with E-state index in [2.05, 4.69) is 17.0 Å². The molecule has 0 aromatic heterocycles. The van der Waals surface area contributed by atoms with E-state index in [-0.39, 0.29) is 5.78 Å². The number of rotatable bonds is 4. The van der Waals surface area contributed by atoms with E-state index in [0.29, 0.717) is 16.7 Å². The van der Waals surface area contributed by atoms with Gasteiger partial charge in [0.2, 0.25) is 0 Å². The van der Waals surface area contributed by atoms with Gasteiger partial charge in [0.05, 0.1) is 11.6 Å². The maximum absolute atomic E-state index is 12.6. The summed E-state index contributed by atoms with van der Waals surface area (Å²) in [5.74, 6) is -0.0274. The van der Waals surface area contributed by atoms with Crippen molar-refractivity contribution in [3.8, 4) is 6.07 Å². The molecule has 0 radical (unpaired) electrons. The van der Waals surface area contributed by atoms with E-state index < -0.39 is 0 Å². The Morgan fingerprint density at radius 2 is 1.73 bits per heavy atom.